The second kappa shape index (κ2) is 4.26. The molecule has 3 atom stereocenters. The maximum absolute atomic E-state index is 2.61. The molecule has 0 N–H and O–H groups in total. The molecule has 2 fully saturated rings. The average Bonchev–Trinajstić information content (AvgIpc) is 2.35. The van der Waals surface area contributed by atoms with Gasteiger partial charge < -0.3 is 4.90 Å². The van der Waals surface area contributed by atoms with Crippen LogP contribution in [-0.2, 0) is 0 Å². The zero-order valence-electron chi connectivity index (χ0n) is 12.7. The van der Waals surface area contributed by atoms with E-state index >= 15 is 0 Å². The molecular formula is C16H31N. The highest BCUT2D eigenvalue weighted by Crippen LogP contribution is 2.56. The molecule has 1 heteroatoms. The zero-order valence-corrected chi connectivity index (χ0v) is 12.7. The predicted molar refractivity (Wildman–Crippen MR) is 75.1 cm³/mol. The third-order valence-corrected chi connectivity index (χ3v) is 5.69. The van der Waals surface area contributed by atoms with Crippen LogP contribution in [0.15, 0.2) is 0 Å². The molecule has 0 bridgehead atoms. The van der Waals surface area contributed by atoms with Crippen LogP contribution in [0.4, 0.5) is 0 Å². The summed E-state index contributed by atoms with van der Waals surface area (Å²) in [6, 6.07) is 0. The van der Waals surface area contributed by atoms with Crippen LogP contribution in [0.1, 0.15) is 60.3 Å². The van der Waals surface area contributed by atoms with E-state index in [1.807, 2.05) is 0 Å². The Morgan fingerprint density at radius 3 is 2.29 bits per heavy atom. The highest BCUT2D eigenvalue weighted by Gasteiger charge is 2.53. The second-order valence-electron chi connectivity index (χ2n) is 7.94. The molecule has 0 aromatic rings. The first-order valence-corrected chi connectivity index (χ1v) is 7.48. The third-order valence-electron chi connectivity index (χ3n) is 5.69. The van der Waals surface area contributed by atoms with Crippen molar-refractivity contribution in [1.29, 1.82) is 0 Å². The van der Waals surface area contributed by atoms with Crippen molar-refractivity contribution < 1.29 is 0 Å². The fraction of sp³-hybridized carbons (Fsp3) is 1.00. The van der Waals surface area contributed by atoms with E-state index in [-0.39, 0.29) is 0 Å². The first kappa shape index (κ1) is 13.4. The fourth-order valence-electron chi connectivity index (χ4n) is 4.88. The largest absolute Gasteiger partial charge is 0.301 e. The van der Waals surface area contributed by atoms with Crippen LogP contribution in [0.5, 0.6) is 0 Å². The summed E-state index contributed by atoms with van der Waals surface area (Å²) in [5.41, 5.74) is 1.02. The summed E-state index contributed by atoms with van der Waals surface area (Å²) < 4.78 is 0. The Hall–Kier alpha value is -0.0400. The molecule has 2 aliphatic rings. The topological polar surface area (TPSA) is 3.24 Å². The van der Waals surface area contributed by atoms with Crippen LogP contribution in [0.25, 0.3) is 0 Å². The molecule has 0 radical (unpaired) electrons. The lowest BCUT2D eigenvalue weighted by atomic mass is 9.58. The molecule has 0 aromatic heterocycles. The third kappa shape index (κ3) is 2.28. The van der Waals surface area contributed by atoms with E-state index in [9.17, 15) is 0 Å². The van der Waals surface area contributed by atoms with Crippen LogP contribution < -0.4 is 0 Å². The maximum atomic E-state index is 2.61. The molecule has 0 aromatic carbocycles. The highest BCUT2D eigenvalue weighted by molar-refractivity contribution is 5.05. The van der Waals surface area contributed by atoms with Gasteiger partial charge in [-0.3, -0.25) is 0 Å². The molecule has 100 valence electrons. The van der Waals surface area contributed by atoms with Crippen molar-refractivity contribution >= 4 is 0 Å². The Labute approximate surface area is 108 Å². The highest BCUT2D eigenvalue weighted by atomic mass is 15.2. The summed E-state index contributed by atoms with van der Waals surface area (Å²) >= 11 is 0. The van der Waals surface area contributed by atoms with Crippen LogP contribution in [-0.4, -0.2) is 24.0 Å². The van der Waals surface area contributed by atoms with Gasteiger partial charge in [0.1, 0.15) is 0 Å². The van der Waals surface area contributed by atoms with Gasteiger partial charge in [0, 0.05) is 12.1 Å². The Bertz CT molecular complexity index is 281. The summed E-state index contributed by atoms with van der Waals surface area (Å²) in [4.78, 5) is 2.61. The predicted octanol–water partition coefficient (Wildman–Crippen LogP) is 4.18. The SMILES string of the molecule is CC(C)[C@@H]1CC[C@@H](C)C[C@]12CN(C)C(C)(C)C2. The van der Waals surface area contributed by atoms with E-state index in [2.05, 4.69) is 46.6 Å². The number of nitrogens with zero attached hydrogens (tertiary/aromatic N) is 1. The number of likely N-dealkylation sites (tertiary alicyclic amines) is 1. The lowest BCUT2D eigenvalue weighted by molar-refractivity contribution is 0.0409. The van der Waals surface area contributed by atoms with E-state index in [1.165, 1.54) is 32.2 Å². The molecule has 0 unspecified atom stereocenters. The van der Waals surface area contributed by atoms with Crippen molar-refractivity contribution in [2.75, 3.05) is 13.6 Å². The monoisotopic (exact) mass is 237 g/mol. The Morgan fingerprint density at radius 1 is 1.18 bits per heavy atom. The van der Waals surface area contributed by atoms with Crippen molar-refractivity contribution in [3.05, 3.63) is 0 Å². The van der Waals surface area contributed by atoms with Gasteiger partial charge in [0.15, 0.2) is 0 Å². The molecule has 1 aliphatic carbocycles. The van der Waals surface area contributed by atoms with Gasteiger partial charge in [-0.15, -0.1) is 0 Å². The Kier molecular flexibility index (Phi) is 3.36. The summed E-state index contributed by atoms with van der Waals surface area (Å²) in [6.45, 7) is 13.5. The van der Waals surface area contributed by atoms with E-state index < -0.39 is 0 Å². The minimum Gasteiger partial charge on any atom is -0.301 e. The van der Waals surface area contributed by atoms with Crippen molar-refractivity contribution in [3.63, 3.8) is 0 Å². The maximum Gasteiger partial charge on any atom is 0.0156 e. The van der Waals surface area contributed by atoms with Gasteiger partial charge in [-0.1, -0.05) is 27.2 Å². The van der Waals surface area contributed by atoms with Crippen molar-refractivity contribution in [1.82, 2.24) is 4.90 Å². The van der Waals surface area contributed by atoms with Gasteiger partial charge in [-0.25, -0.2) is 0 Å². The van der Waals surface area contributed by atoms with E-state index in [0.717, 1.165) is 17.8 Å². The smallest absolute Gasteiger partial charge is 0.0156 e. The van der Waals surface area contributed by atoms with Crippen molar-refractivity contribution in [2.24, 2.45) is 23.2 Å². The summed E-state index contributed by atoms with van der Waals surface area (Å²) in [6.07, 6.45) is 5.78. The van der Waals surface area contributed by atoms with Crippen LogP contribution >= 0.6 is 0 Å². The number of rotatable bonds is 1. The van der Waals surface area contributed by atoms with E-state index in [0.29, 0.717) is 11.0 Å². The van der Waals surface area contributed by atoms with E-state index in [1.54, 1.807) is 0 Å². The summed E-state index contributed by atoms with van der Waals surface area (Å²) in [5.74, 6) is 2.74. The number of hydrogen-bond donors (Lipinski definition) is 0. The first-order chi connectivity index (χ1) is 7.77. The number of hydrogen-bond acceptors (Lipinski definition) is 1. The van der Waals surface area contributed by atoms with Gasteiger partial charge in [-0.05, 0) is 63.3 Å². The standard InChI is InChI=1S/C16H31N/c1-12(2)14-8-7-13(3)9-16(14)10-15(4,5)17(6)11-16/h12-14H,7-11H2,1-6H3/t13-,14+,16+/m1/s1. The molecule has 1 spiro atoms. The van der Waals surface area contributed by atoms with Crippen molar-refractivity contribution in [2.45, 2.75) is 65.8 Å². The lowest BCUT2D eigenvalue weighted by Crippen LogP contribution is -2.41. The van der Waals surface area contributed by atoms with Gasteiger partial charge in [-0.2, -0.15) is 0 Å². The van der Waals surface area contributed by atoms with Crippen LogP contribution in [0.3, 0.4) is 0 Å². The Balaban J connectivity index is 2.26. The average molecular weight is 237 g/mol. The van der Waals surface area contributed by atoms with Gasteiger partial charge in [0.25, 0.3) is 0 Å². The molecule has 17 heavy (non-hydrogen) atoms. The van der Waals surface area contributed by atoms with Gasteiger partial charge >= 0.3 is 0 Å². The van der Waals surface area contributed by atoms with Crippen LogP contribution in [0, 0.1) is 23.2 Å². The molecule has 0 amide bonds. The van der Waals surface area contributed by atoms with Gasteiger partial charge in [0.05, 0.1) is 0 Å². The van der Waals surface area contributed by atoms with E-state index in [4.69, 9.17) is 0 Å². The van der Waals surface area contributed by atoms with Crippen molar-refractivity contribution in [3.8, 4) is 0 Å². The second-order valence-corrected chi connectivity index (χ2v) is 7.94. The van der Waals surface area contributed by atoms with Gasteiger partial charge in [0.2, 0.25) is 0 Å². The fourth-order valence-corrected chi connectivity index (χ4v) is 4.88. The summed E-state index contributed by atoms with van der Waals surface area (Å²) in [5, 5.41) is 0. The molecule has 2 rings (SSSR count). The molecule has 1 heterocycles. The minimum atomic E-state index is 0.407. The summed E-state index contributed by atoms with van der Waals surface area (Å²) in [7, 11) is 2.32. The lowest BCUT2D eigenvalue weighted by Gasteiger charge is -2.46. The molecule has 1 saturated carbocycles. The molecule has 1 aliphatic heterocycles. The quantitative estimate of drug-likeness (QED) is 0.661. The Morgan fingerprint density at radius 2 is 1.82 bits per heavy atom. The van der Waals surface area contributed by atoms with Crippen LogP contribution in [0.2, 0.25) is 0 Å². The minimum absolute atomic E-state index is 0.407. The molecule has 1 nitrogen and oxygen atoms in total. The normalized spacial score (nSPS) is 42.5. The first-order valence-electron chi connectivity index (χ1n) is 7.48. The molecule has 1 saturated heterocycles. The zero-order chi connectivity index (χ0) is 12.8. The molecular weight excluding hydrogens is 206 g/mol.